The number of hydrogen-bond donors (Lipinski definition) is 3. The molecule has 60 valence electrons. The third-order valence-corrected chi connectivity index (χ3v) is 1.62. The first-order valence-electron chi connectivity index (χ1n) is 3.12. The Balaban J connectivity index is 4.08. The molecule has 0 radical (unpaired) electrons. The Morgan fingerprint density at radius 2 is 2.10 bits per heavy atom. The van der Waals surface area contributed by atoms with E-state index in [2.05, 4.69) is 0 Å². The maximum absolute atomic E-state index is 10.7. The van der Waals surface area contributed by atoms with Crippen LogP contribution in [0.4, 0.5) is 0 Å². The molecule has 0 aliphatic heterocycles. The predicted octanol–water partition coefficient (Wildman–Crippen LogP) is -0.135. The quantitative estimate of drug-likeness (QED) is 0.375. The molecule has 0 aromatic heterocycles. The van der Waals surface area contributed by atoms with Gasteiger partial charge < -0.3 is 5.73 Å². The molecule has 0 fully saturated rings. The topological polar surface area (TPSA) is 75.3 Å². The van der Waals surface area contributed by atoms with E-state index in [9.17, 15) is 4.79 Å². The fraction of sp³-hybridized carbons (Fsp3) is 0.833. The van der Waals surface area contributed by atoms with Gasteiger partial charge in [-0.05, 0) is 13.8 Å². The van der Waals surface area contributed by atoms with Crippen molar-refractivity contribution in [1.82, 2.24) is 5.48 Å². The van der Waals surface area contributed by atoms with E-state index >= 15 is 0 Å². The Hall–Kier alpha value is -0.610. The van der Waals surface area contributed by atoms with E-state index < -0.39 is 17.4 Å². The molecule has 1 atom stereocenters. The van der Waals surface area contributed by atoms with Gasteiger partial charge in [-0.25, -0.2) is 5.48 Å². The van der Waals surface area contributed by atoms with Crippen molar-refractivity contribution in [2.24, 2.45) is 11.7 Å². The minimum absolute atomic E-state index is 0.391. The highest BCUT2D eigenvalue weighted by molar-refractivity contribution is 5.78. The minimum atomic E-state index is -0.590. The lowest BCUT2D eigenvalue weighted by atomic mass is 9.90. The number of hydrogen-bond acceptors (Lipinski definition) is 3. The van der Waals surface area contributed by atoms with Crippen LogP contribution in [0.1, 0.15) is 20.8 Å². The second kappa shape index (κ2) is 2.98. The third kappa shape index (κ3) is 2.33. The molecular formula is C6H14N2O2. The Morgan fingerprint density at radius 1 is 1.70 bits per heavy atom. The van der Waals surface area contributed by atoms with Gasteiger partial charge in [0, 0.05) is 5.54 Å². The lowest BCUT2D eigenvalue weighted by Gasteiger charge is -2.24. The van der Waals surface area contributed by atoms with Crippen LogP contribution >= 0.6 is 0 Å². The molecule has 1 unspecified atom stereocenters. The monoisotopic (exact) mass is 146 g/mol. The van der Waals surface area contributed by atoms with Gasteiger partial charge >= 0.3 is 0 Å². The van der Waals surface area contributed by atoms with Crippen molar-refractivity contribution in [1.29, 1.82) is 0 Å². The number of carbonyl (C=O) groups is 1. The summed E-state index contributed by atoms with van der Waals surface area (Å²) in [7, 11) is 0. The van der Waals surface area contributed by atoms with Gasteiger partial charge in [0.25, 0.3) is 0 Å². The predicted molar refractivity (Wildman–Crippen MR) is 37.4 cm³/mol. The lowest BCUT2D eigenvalue weighted by Crippen LogP contribution is -2.46. The number of nitrogens with two attached hydrogens (primary N) is 1. The van der Waals surface area contributed by atoms with Gasteiger partial charge in [-0.15, -0.1) is 0 Å². The van der Waals surface area contributed by atoms with E-state index in [4.69, 9.17) is 10.9 Å². The molecule has 4 heteroatoms. The van der Waals surface area contributed by atoms with Gasteiger partial charge in [-0.2, -0.15) is 0 Å². The summed E-state index contributed by atoms with van der Waals surface area (Å²) in [6.07, 6.45) is 0. The zero-order valence-corrected chi connectivity index (χ0v) is 6.51. The molecule has 4 N–H and O–H groups in total. The minimum Gasteiger partial charge on any atom is -0.325 e. The Bertz CT molecular complexity index is 128. The van der Waals surface area contributed by atoms with Crippen LogP contribution in [0.2, 0.25) is 0 Å². The molecule has 1 amide bonds. The van der Waals surface area contributed by atoms with Crippen LogP contribution < -0.4 is 11.2 Å². The zero-order chi connectivity index (χ0) is 8.36. The van der Waals surface area contributed by atoms with Crippen LogP contribution in [0.15, 0.2) is 0 Å². The molecule has 0 aromatic carbocycles. The molecule has 4 nitrogen and oxygen atoms in total. The molecule has 10 heavy (non-hydrogen) atoms. The lowest BCUT2D eigenvalue weighted by molar-refractivity contribution is -0.134. The van der Waals surface area contributed by atoms with E-state index in [0.29, 0.717) is 0 Å². The molecule has 0 bridgehead atoms. The summed E-state index contributed by atoms with van der Waals surface area (Å²) < 4.78 is 0. The maximum Gasteiger partial charge on any atom is 0.247 e. The van der Waals surface area contributed by atoms with Crippen LogP contribution in [0.3, 0.4) is 0 Å². The van der Waals surface area contributed by atoms with Crippen molar-refractivity contribution in [2.75, 3.05) is 0 Å². The van der Waals surface area contributed by atoms with Crippen LogP contribution in [-0.4, -0.2) is 16.7 Å². The van der Waals surface area contributed by atoms with E-state index in [1.54, 1.807) is 26.3 Å². The molecule has 0 saturated carbocycles. The molecule has 0 aliphatic carbocycles. The van der Waals surface area contributed by atoms with Gasteiger partial charge in [-0.1, -0.05) is 6.92 Å². The highest BCUT2D eigenvalue weighted by Gasteiger charge is 2.26. The molecule has 0 aliphatic rings. The number of rotatable bonds is 2. The first-order valence-corrected chi connectivity index (χ1v) is 3.12. The van der Waals surface area contributed by atoms with Gasteiger partial charge in [0.05, 0.1) is 5.92 Å². The highest BCUT2D eigenvalue weighted by Crippen LogP contribution is 2.11. The van der Waals surface area contributed by atoms with Crippen molar-refractivity contribution < 1.29 is 10.0 Å². The van der Waals surface area contributed by atoms with Gasteiger partial charge in [0.1, 0.15) is 0 Å². The number of hydroxylamine groups is 1. The highest BCUT2D eigenvalue weighted by atomic mass is 16.5. The summed E-state index contributed by atoms with van der Waals surface area (Å²) in [6.45, 7) is 5.12. The van der Waals surface area contributed by atoms with Gasteiger partial charge in [0.15, 0.2) is 0 Å². The van der Waals surface area contributed by atoms with Crippen molar-refractivity contribution in [3.63, 3.8) is 0 Å². The number of amides is 1. The Labute approximate surface area is 60.4 Å². The van der Waals surface area contributed by atoms with Crippen molar-refractivity contribution in [3.05, 3.63) is 0 Å². The summed E-state index contributed by atoms with van der Waals surface area (Å²) >= 11 is 0. The average Bonchev–Trinajstić information content (AvgIpc) is 1.83. The molecule has 0 spiro atoms. The van der Waals surface area contributed by atoms with Crippen LogP contribution in [0, 0.1) is 5.92 Å². The molecule has 0 saturated heterocycles. The average molecular weight is 146 g/mol. The molecule has 0 aromatic rings. The van der Waals surface area contributed by atoms with Crippen molar-refractivity contribution in [2.45, 2.75) is 26.3 Å². The summed E-state index contributed by atoms with van der Waals surface area (Å²) in [4.78, 5) is 10.7. The molecule has 0 rings (SSSR count). The maximum atomic E-state index is 10.7. The van der Waals surface area contributed by atoms with Crippen LogP contribution in [0.5, 0.6) is 0 Å². The normalized spacial score (nSPS) is 14.5. The largest absolute Gasteiger partial charge is 0.325 e. The first-order chi connectivity index (χ1) is 4.39. The van der Waals surface area contributed by atoms with Crippen LogP contribution in [0.25, 0.3) is 0 Å². The number of nitrogens with one attached hydrogen (secondary N) is 1. The van der Waals surface area contributed by atoms with Gasteiger partial charge in [-0.3, -0.25) is 10.0 Å². The summed E-state index contributed by atoms with van der Waals surface area (Å²) in [5.41, 5.74) is 6.55. The summed E-state index contributed by atoms with van der Waals surface area (Å²) in [5.74, 6) is -0.843. The van der Waals surface area contributed by atoms with Gasteiger partial charge in [0.2, 0.25) is 5.91 Å². The van der Waals surface area contributed by atoms with E-state index in [-0.39, 0.29) is 0 Å². The SMILES string of the molecule is CC(C(=O)NO)C(C)(C)N. The summed E-state index contributed by atoms with van der Waals surface area (Å²) in [5, 5.41) is 8.21. The van der Waals surface area contributed by atoms with E-state index in [1.807, 2.05) is 0 Å². The zero-order valence-electron chi connectivity index (χ0n) is 6.51. The first kappa shape index (κ1) is 9.39. The van der Waals surface area contributed by atoms with Crippen LogP contribution in [-0.2, 0) is 4.79 Å². The standard InChI is InChI=1S/C6H14N2O2/c1-4(5(9)8-10)6(2,3)7/h4,10H,7H2,1-3H3,(H,8,9). The second-order valence-electron chi connectivity index (χ2n) is 3.02. The Kier molecular flexibility index (Phi) is 2.80. The van der Waals surface area contributed by atoms with E-state index in [1.165, 1.54) is 0 Å². The Morgan fingerprint density at radius 3 is 2.20 bits per heavy atom. The van der Waals surface area contributed by atoms with Crippen molar-refractivity contribution in [3.8, 4) is 0 Å². The summed E-state index contributed by atoms with van der Waals surface area (Å²) in [6, 6.07) is 0. The fourth-order valence-corrected chi connectivity index (χ4v) is 0.435. The molecular weight excluding hydrogens is 132 g/mol. The van der Waals surface area contributed by atoms with E-state index in [0.717, 1.165) is 0 Å². The second-order valence-corrected chi connectivity index (χ2v) is 3.02. The smallest absolute Gasteiger partial charge is 0.247 e. The van der Waals surface area contributed by atoms with Crippen molar-refractivity contribution >= 4 is 5.91 Å². The number of carbonyl (C=O) groups excluding carboxylic acids is 1. The third-order valence-electron chi connectivity index (χ3n) is 1.62. The fourth-order valence-electron chi connectivity index (χ4n) is 0.435. The molecule has 0 heterocycles.